The van der Waals surface area contributed by atoms with E-state index >= 15 is 0 Å². The van der Waals surface area contributed by atoms with E-state index in [9.17, 15) is 9.59 Å². The van der Waals surface area contributed by atoms with Crippen LogP contribution in [0, 0.1) is 20.8 Å². The van der Waals surface area contributed by atoms with Crippen LogP contribution >= 0.6 is 0 Å². The van der Waals surface area contributed by atoms with Gasteiger partial charge >= 0.3 is 0 Å². The summed E-state index contributed by atoms with van der Waals surface area (Å²) >= 11 is 0. The van der Waals surface area contributed by atoms with Crippen LogP contribution in [0.5, 0.6) is 0 Å². The molecule has 0 saturated heterocycles. The molecule has 1 aromatic heterocycles. The van der Waals surface area contributed by atoms with Crippen LogP contribution in [0.25, 0.3) is 0 Å². The fourth-order valence-electron chi connectivity index (χ4n) is 4.70. The van der Waals surface area contributed by atoms with Gasteiger partial charge in [-0.1, -0.05) is 19.8 Å². The van der Waals surface area contributed by atoms with E-state index in [2.05, 4.69) is 35.1 Å². The number of amides is 1. The largest absolute Gasteiger partial charge is 0.369 e. The molecule has 30 heavy (non-hydrogen) atoms. The molecular weight excluding hydrogens is 374 g/mol. The van der Waals surface area contributed by atoms with E-state index in [4.69, 9.17) is 0 Å². The summed E-state index contributed by atoms with van der Waals surface area (Å²) in [5.74, 6) is -0.120. The molecule has 2 N–H and O–H groups in total. The van der Waals surface area contributed by atoms with Gasteiger partial charge in [0.05, 0.1) is 0 Å². The number of aromatic amines is 1. The normalized spacial score (nSPS) is 14.2. The van der Waals surface area contributed by atoms with E-state index in [-0.39, 0.29) is 18.0 Å². The number of anilines is 1. The van der Waals surface area contributed by atoms with Gasteiger partial charge in [-0.2, -0.15) is 0 Å². The maximum absolute atomic E-state index is 13.1. The zero-order chi connectivity index (χ0) is 21.8. The SMILES string of the molecule is CCc1cc(C(=O)NCc2c(C)cc(C)[nH]c2=O)c(C)c(N(CC)C2CCCC2)c1. The van der Waals surface area contributed by atoms with E-state index in [1.807, 2.05) is 32.9 Å². The predicted molar refractivity (Wildman–Crippen MR) is 124 cm³/mol. The average molecular weight is 410 g/mol. The van der Waals surface area contributed by atoms with E-state index in [1.54, 1.807) is 0 Å². The number of carbonyl (C=O) groups is 1. The summed E-state index contributed by atoms with van der Waals surface area (Å²) in [6, 6.07) is 6.75. The minimum Gasteiger partial charge on any atom is -0.369 e. The molecule has 0 bridgehead atoms. The summed E-state index contributed by atoms with van der Waals surface area (Å²) in [6.45, 7) is 11.3. The number of benzene rings is 1. The van der Waals surface area contributed by atoms with Crippen molar-refractivity contribution in [2.45, 2.75) is 79.3 Å². The molecule has 0 atom stereocenters. The number of hydrogen-bond donors (Lipinski definition) is 2. The molecule has 1 fully saturated rings. The van der Waals surface area contributed by atoms with Gasteiger partial charge in [-0.3, -0.25) is 9.59 Å². The van der Waals surface area contributed by atoms with Crippen LogP contribution in [-0.4, -0.2) is 23.5 Å². The zero-order valence-electron chi connectivity index (χ0n) is 19.0. The Morgan fingerprint density at radius 2 is 1.83 bits per heavy atom. The van der Waals surface area contributed by atoms with Crippen LogP contribution in [0.15, 0.2) is 23.0 Å². The Kier molecular flexibility index (Phi) is 7.01. The Morgan fingerprint density at radius 1 is 1.13 bits per heavy atom. The highest BCUT2D eigenvalue weighted by atomic mass is 16.1. The van der Waals surface area contributed by atoms with Crippen molar-refractivity contribution in [2.75, 3.05) is 11.4 Å². The van der Waals surface area contributed by atoms with Gasteiger partial charge in [0.2, 0.25) is 0 Å². The molecule has 0 radical (unpaired) electrons. The fourth-order valence-corrected chi connectivity index (χ4v) is 4.70. The molecule has 1 amide bonds. The highest BCUT2D eigenvalue weighted by molar-refractivity contribution is 5.97. The van der Waals surface area contributed by atoms with Crippen LogP contribution in [0.4, 0.5) is 5.69 Å². The minimum atomic E-state index is -0.133. The van der Waals surface area contributed by atoms with Crippen molar-refractivity contribution in [3.63, 3.8) is 0 Å². The molecule has 162 valence electrons. The van der Waals surface area contributed by atoms with Gasteiger partial charge in [0.15, 0.2) is 0 Å². The standard InChI is InChI=1S/C25H35N3O2/c1-6-19-13-21(18(5)23(14-19)28(7-2)20-10-8-9-11-20)24(29)26-15-22-16(3)12-17(4)27-25(22)30/h12-14,20H,6-11,15H2,1-5H3,(H,26,29)(H,27,30). The quantitative estimate of drug-likeness (QED) is 0.704. The Bertz CT molecular complexity index is 971. The van der Waals surface area contributed by atoms with Crippen LogP contribution in [0.2, 0.25) is 0 Å². The number of aryl methyl sites for hydroxylation is 3. The summed E-state index contributed by atoms with van der Waals surface area (Å²) in [5, 5.41) is 2.98. The first-order valence-corrected chi connectivity index (χ1v) is 11.2. The van der Waals surface area contributed by atoms with Gasteiger partial charge in [0, 0.05) is 41.6 Å². The number of rotatable bonds is 7. The highest BCUT2D eigenvalue weighted by Crippen LogP contribution is 2.32. The summed E-state index contributed by atoms with van der Waals surface area (Å²) in [4.78, 5) is 30.7. The van der Waals surface area contributed by atoms with E-state index in [0.717, 1.165) is 29.8 Å². The lowest BCUT2D eigenvalue weighted by Gasteiger charge is -2.32. The van der Waals surface area contributed by atoms with Gasteiger partial charge in [-0.05, 0) is 81.8 Å². The van der Waals surface area contributed by atoms with Crippen molar-refractivity contribution in [2.24, 2.45) is 0 Å². The molecule has 1 heterocycles. The molecule has 0 aliphatic heterocycles. The molecule has 1 saturated carbocycles. The van der Waals surface area contributed by atoms with Gasteiger partial charge in [-0.25, -0.2) is 0 Å². The van der Waals surface area contributed by atoms with Crippen molar-refractivity contribution < 1.29 is 4.79 Å². The van der Waals surface area contributed by atoms with Crippen molar-refractivity contribution >= 4 is 11.6 Å². The summed E-state index contributed by atoms with van der Waals surface area (Å²) in [7, 11) is 0. The molecule has 3 rings (SSSR count). The second-order valence-electron chi connectivity index (χ2n) is 8.49. The summed E-state index contributed by atoms with van der Waals surface area (Å²) in [6.07, 6.45) is 5.89. The summed E-state index contributed by atoms with van der Waals surface area (Å²) < 4.78 is 0. The molecule has 1 aromatic carbocycles. The number of aromatic nitrogens is 1. The lowest BCUT2D eigenvalue weighted by atomic mass is 9.98. The highest BCUT2D eigenvalue weighted by Gasteiger charge is 2.25. The maximum atomic E-state index is 13.1. The maximum Gasteiger partial charge on any atom is 0.253 e. The van der Waals surface area contributed by atoms with E-state index in [0.29, 0.717) is 17.2 Å². The van der Waals surface area contributed by atoms with Crippen LogP contribution < -0.4 is 15.8 Å². The number of hydrogen-bond acceptors (Lipinski definition) is 3. The summed E-state index contributed by atoms with van der Waals surface area (Å²) in [5.41, 5.74) is 6.28. The predicted octanol–water partition coefficient (Wildman–Crippen LogP) is 4.56. The molecule has 5 nitrogen and oxygen atoms in total. The van der Waals surface area contributed by atoms with Gasteiger partial charge in [-0.15, -0.1) is 0 Å². The monoisotopic (exact) mass is 409 g/mol. The van der Waals surface area contributed by atoms with Crippen molar-refractivity contribution in [3.05, 3.63) is 62.1 Å². The number of nitrogens with zero attached hydrogens (tertiary/aromatic N) is 1. The molecular formula is C25H35N3O2. The molecule has 0 unspecified atom stereocenters. The van der Waals surface area contributed by atoms with Gasteiger partial charge in [0.1, 0.15) is 0 Å². The number of H-pyrrole nitrogens is 1. The fraction of sp³-hybridized carbons (Fsp3) is 0.520. The molecule has 0 spiro atoms. The first kappa shape index (κ1) is 22.1. The van der Waals surface area contributed by atoms with E-state index < -0.39 is 0 Å². The first-order chi connectivity index (χ1) is 14.3. The Hall–Kier alpha value is -2.56. The third kappa shape index (κ3) is 4.61. The Labute approximate surface area is 179 Å². The average Bonchev–Trinajstić information content (AvgIpc) is 3.23. The third-order valence-electron chi connectivity index (χ3n) is 6.43. The van der Waals surface area contributed by atoms with Gasteiger partial charge in [0.25, 0.3) is 11.5 Å². The topological polar surface area (TPSA) is 65.2 Å². The van der Waals surface area contributed by atoms with Crippen molar-refractivity contribution in [1.29, 1.82) is 0 Å². The van der Waals surface area contributed by atoms with Crippen LogP contribution in [0.3, 0.4) is 0 Å². The number of nitrogens with one attached hydrogen (secondary N) is 2. The molecule has 2 aromatic rings. The van der Waals surface area contributed by atoms with Crippen LogP contribution in [-0.2, 0) is 13.0 Å². The number of pyridine rings is 1. The Morgan fingerprint density at radius 3 is 2.43 bits per heavy atom. The van der Waals surface area contributed by atoms with Crippen LogP contribution in [0.1, 0.15) is 77.8 Å². The molecule has 1 aliphatic carbocycles. The second kappa shape index (κ2) is 9.50. The third-order valence-corrected chi connectivity index (χ3v) is 6.43. The van der Waals surface area contributed by atoms with Crippen molar-refractivity contribution in [3.8, 4) is 0 Å². The smallest absolute Gasteiger partial charge is 0.253 e. The number of carbonyl (C=O) groups excluding carboxylic acids is 1. The van der Waals surface area contributed by atoms with E-state index in [1.165, 1.54) is 36.9 Å². The minimum absolute atomic E-state index is 0.120. The first-order valence-electron chi connectivity index (χ1n) is 11.2. The molecule has 5 heteroatoms. The van der Waals surface area contributed by atoms with Crippen molar-refractivity contribution in [1.82, 2.24) is 10.3 Å². The van der Waals surface area contributed by atoms with Gasteiger partial charge < -0.3 is 15.2 Å². The molecule has 1 aliphatic rings. The Balaban J connectivity index is 1.89. The second-order valence-corrected chi connectivity index (χ2v) is 8.49. The lowest BCUT2D eigenvalue weighted by Crippen LogP contribution is -2.34. The lowest BCUT2D eigenvalue weighted by molar-refractivity contribution is 0.0950. The zero-order valence-corrected chi connectivity index (χ0v) is 19.0.